The molecule has 0 unspecified atom stereocenters. The van der Waals surface area contributed by atoms with Gasteiger partial charge in [-0.05, 0) is 48.3 Å². The average Bonchev–Trinajstić information content (AvgIpc) is 2.49. The quantitative estimate of drug-likeness (QED) is 0.467. The summed E-state index contributed by atoms with van der Waals surface area (Å²) in [6, 6.07) is 0. The second-order valence-electron chi connectivity index (χ2n) is 10.4. The van der Waals surface area contributed by atoms with Crippen molar-refractivity contribution in [3.05, 3.63) is 0 Å². The largest absolute Gasteiger partial charge is 0.393 e. The normalized spacial score (nSPS) is 19.8. The maximum Gasteiger partial charge on any atom is 0.133 e. The zero-order valence-electron chi connectivity index (χ0n) is 17.5. The van der Waals surface area contributed by atoms with Crippen molar-refractivity contribution in [2.45, 2.75) is 111 Å². The van der Waals surface area contributed by atoms with Crippen LogP contribution in [0.15, 0.2) is 0 Å². The monoisotopic (exact) mass is 364 g/mol. The van der Waals surface area contributed by atoms with Crippen molar-refractivity contribution in [2.75, 3.05) is 0 Å². The zero-order chi connectivity index (χ0) is 19.4. The Morgan fingerprint density at radius 1 is 0.769 bits per heavy atom. The van der Waals surface area contributed by atoms with Gasteiger partial charge >= 0.3 is 0 Å². The molecule has 0 bridgehead atoms. The fraction of sp³-hybridized carbons (Fsp3) is 0.913. The third-order valence-corrected chi connectivity index (χ3v) is 7.32. The number of ketones is 2. The van der Waals surface area contributed by atoms with E-state index in [0.29, 0.717) is 23.4 Å². The highest BCUT2D eigenvalue weighted by atomic mass is 16.3. The molecule has 0 aromatic carbocycles. The summed E-state index contributed by atoms with van der Waals surface area (Å²) in [6.07, 6.45) is 11.5. The van der Waals surface area contributed by atoms with Crippen molar-refractivity contribution in [1.82, 2.24) is 0 Å². The lowest BCUT2D eigenvalue weighted by Gasteiger charge is -2.39. The summed E-state index contributed by atoms with van der Waals surface area (Å²) in [5.74, 6) is 2.00. The molecule has 3 nitrogen and oxygen atoms in total. The van der Waals surface area contributed by atoms with Crippen molar-refractivity contribution in [2.24, 2.45) is 22.7 Å². The van der Waals surface area contributed by atoms with Gasteiger partial charge in [0.15, 0.2) is 0 Å². The molecule has 26 heavy (non-hydrogen) atoms. The van der Waals surface area contributed by atoms with E-state index in [1.165, 1.54) is 0 Å². The van der Waals surface area contributed by atoms with Crippen LogP contribution in [0.25, 0.3) is 0 Å². The molecule has 2 saturated carbocycles. The van der Waals surface area contributed by atoms with Crippen LogP contribution in [0.1, 0.15) is 105 Å². The van der Waals surface area contributed by atoms with Crippen LogP contribution in [0.3, 0.4) is 0 Å². The van der Waals surface area contributed by atoms with Crippen LogP contribution in [0, 0.1) is 22.7 Å². The molecule has 3 heteroatoms. The van der Waals surface area contributed by atoms with Gasteiger partial charge in [-0.3, -0.25) is 9.59 Å². The first-order chi connectivity index (χ1) is 12.1. The number of Topliss-reactive ketones (excluding diaryl/α,β-unsaturated/α-hetero) is 2. The first kappa shape index (κ1) is 21.6. The summed E-state index contributed by atoms with van der Waals surface area (Å²) in [6.45, 7) is 9.16. The maximum absolute atomic E-state index is 11.2. The second kappa shape index (κ2) is 8.99. The molecular formula is C23H40O3. The van der Waals surface area contributed by atoms with Crippen molar-refractivity contribution < 1.29 is 14.7 Å². The van der Waals surface area contributed by atoms with Gasteiger partial charge in [-0.25, -0.2) is 0 Å². The molecule has 0 radical (unpaired) electrons. The number of hydrogen-bond acceptors (Lipinski definition) is 3. The SMILES string of the molecule is CC(C)(CCCCC(O)CCCCC(C)(C)C1CC(=O)C1)C1CC(=O)C1. The van der Waals surface area contributed by atoms with Gasteiger partial charge < -0.3 is 5.11 Å². The number of unbranched alkanes of at least 4 members (excludes halogenated alkanes) is 2. The molecule has 0 spiro atoms. The van der Waals surface area contributed by atoms with Crippen molar-refractivity contribution in [3.63, 3.8) is 0 Å². The van der Waals surface area contributed by atoms with E-state index in [1.54, 1.807) is 0 Å². The first-order valence-corrected chi connectivity index (χ1v) is 10.8. The molecule has 2 aliphatic rings. The Hall–Kier alpha value is -0.700. The minimum atomic E-state index is -0.170. The molecule has 0 atom stereocenters. The van der Waals surface area contributed by atoms with E-state index in [1.807, 2.05) is 0 Å². The lowest BCUT2D eigenvalue weighted by atomic mass is 9.64. The lowest BCUT2D eigenvalue weighted by molar-refractivity contribution is -0.131. The van der Waals surface area contributed by atoms with Crippen LogP contribution in [0.2, 0.25) is 0 Å². The van der Waals surface area contributed by atoms with Crippen LogP contribution >= 0.6 is 0 Å². The van der Waals surface area contributed by atoms with Gasteiger partial charge in [0, 0.05) is 25.7 Å². The molecule has 1 N–H and O–H groups in total. The molecule has 2 fully saturated rings. The molecule has 0 aromatic heterocycles. The van der Waals surface area contributed by atoms with Crippen molar-refractivity contribution >= 4 is 11.6 Å². The number of aliphatic hydroxyl groups excluding tert-OH is 1. The minimum absolute atomic E-state index is 0.170. The fourth-order valence-electron chi connectivity index (χ4n) is 4.56. The van der Waals surface area contributed by atoms with E-state index < -0.39 is 0 Å². The predicted octanol–water partition coefficient (Wildman–Crippen LogP) is 5.48. The van der Waals surface area contributed by atoms with E-state index >= 15 is 0 Å². The standard InChI is InChI=1S/C23H40O3/c1-22(2,17-13-20(25)14-17)11-7-5-9-19(24)10-6-8-12-23(3,4)18-15-21(26)16-18/h17-19,24H,5-16H2,1-4H3. The summed E-state index contributed by atoms with van der Waals surface area (Å²) in [7, 11) is 0. The predicted molar refractivity (Wildman–Crippen MR) is 106 cm³/mol. The van der Waals surface area contributed by atoms with E-state index in [4.69, 9.17) is 0 Å². The van der Waals surface area contributed by atoms with Crippen molar-refractivity contribution in [1.29, 1.82) is 0 Å². The molecule has 2 aliphatic carbocycles. The Kier molecular flexibility index (Phi) is 7.47. The number of carbonyl (C=O) groups is 2. The number of hydrogen-bond donors (Lipinski definition) is 1. The minimum Gasteiger partial charge on any atom is -0.393 e. The molecule has 0 aliphatic heterocycles. The molecule has 150 valence electrons. The summed E-state index contributed by atoms with van der Waals surface area (Å²) >= 11 is 0. The van der Waals surface area contributed by atoms with Crippen LogP contribution in [0.4, 0.5) is 0 Å². The fourth-order valence-corrected chi connectivity index (χ4v) is 4.56. The third-order valence-electron chi connectivity index (χ3n) is 7.32. The van der Waals surface area contributed by atoms with Gasteiger partial charge in [0.1, 0.15) is 11.6 Å². The van der Waals surface area contributed by atoms with Crippen molar-refractivity contribution in [3.8, 4) is 0 Å². The molecule has 2 rings (SSSR count). The number of carbonyl (C=O) groups excluding carboxylic acids is 2. The molecule has 0 heterocycles. The summed E-state index contributed by atoms with van der Waals surface area (Å²) in [5.41, 5.74) is 0.542. The Balaban J connectivity index is 1.49. The van der Waals surface area contributed by atoms with E-state index in [0.717, 1.165) is 77.0 Å². The Morgan fingerprint density at radius 3 is 1.42 bits per heavy atom. The lowest BCUT2D eigenvalue weighted by Crippen LogP contribution is -2.36. The third kappa shape index (κ3) is 6.18. The van der Waals surface area contributed by atoms with Gasteiger partial charge in [0.25, 0.3) is 0 Å². The summed E-state index contributed by atoms with van der Waals surface area (Å²) in [5, 5.41) is 10.2. The molecular weight excluding hydrogens is 324 g/mol. The Morgan fingerprint density at radius 2 is 1.12 bits per heavy atom. The van der Waals surface area contributed by atoms with Crippen LogP contribution in [0.5, 0.6) is 0 Å². The molecule has 0 aromatic rings. The van der Waals surface area contributed by atoms with Crippen LogP contribution in [-0.2, 0) is 9.59 Å². The zero-order valence-corrected chi connectivity index (χ0v) is 17.5. The van der Waals surface area contributed by atoms with Gasteiger partial charge in [0.05, 0.1) is 6.10 Å². The van der Waals surface area contributed by atoms with Gasteiger partial charge in [-0.2, -0.15) is 0 Å². The van der Waals surface area contributed by atoms with E-state index in [2.05, 4.69) is 27.7 Å². The second-order valence-corrected chi connectivity index (χ2v) is 10.4. The summed E-state index contributed by atoms with van der Waals surface area (Å²) < 4.78 is 0. The van der Waals surface area contributed by atoms with Crippen LogP contribution < -0.4 is 0 Å². The Labute approximate surface area is 160 Å². The topological polar surface area (TPSA) is 54.4 Å². The van der Waals surface area contributed by atoms with Crippen LogP contribution in [-0.4, -0.2) is 22.8 Å². The van der Waals surface area contributed by atoms with Gasteiger partial charge in [0.2, 0.25) is 0 Å². The summed E-state index contributed by atoms with van der Waals surface area (Å²) in [4.78, 5) is 22.4. The molecule has 0 saturated heterocycles. The highest BCUT2D eigenvalue weighted by Gasteiger charge is 2.39. The highest BCUT2D eigenvalue weighted by Crippen LogP contribution is 2.44. The molecule has 0 amide bonds. The van der Waals surface area contributed by atoms with Gasteiger partial charge in [-0.15, -0.1) is 0 Å². The highest BCUT2D eigenvalue weighted by molar-refractivity contribution is 5.85. The average molecular weight is 365 g/mol. The Bertz CT molecular complexity index is 432. The smallest absolute Gasteiger partial charge is 0.133 e. The van der Waals surface area contributed by atoms with Gasteiger partial charge in [-0.1, -0.05) is 53.4 Å². The maximum atomic E-state index is 11.2. The first-order valence-electron chi connectivity index (χ1n) is 10.8. The number of aliphatic hydroxyl groups is 1. The number of rotatable bonds is 12. The van der Waals surface area contributed by atoms with E-state index in [-0.39, 0.29) is 16.9 Å². The van der Waals surface area contributed by atoms with E-state index in [9.17, 15) is 14.7 Å².